The highest BCUT2D eigenvalue weighted by molar-refractivity contribution is 6.10. The van der Waals surface area contributed by atoms with Gasteiger partial charge in [-0.1, -0.05) is 160 Å². The lowest BCUT2D eigenvalue weighted by molar-refractivity contribution is 0.436. The second kappa shape index (κ2) is 13.9. The maximum Gasteiger partial charge on any atom is 0.160 e. The summed E-state index contributed by atoms with van der Waals surface area (Å²) in [6, 6.07) is 63.7. The van der Waals surface area contributed by atoms with Crippen molar-refractivity contribution in [1.82, 2.24) is 14.5 Å². The summed E-state index contributed by atoms with van der Waals surface area (Å²) < 4.78 is 2.38. The van der Waals surface area contributed by atoms with E-state index in [0.717, 1.165) is 76.4 Å². The number of aromatic nitrogens is 3. The first kappa shape index (κ1) is 33.9. The topological polar surface area (TPSA) is 30.7 Å². The average molecular weight is 722 g/mol. The normalized spacial score (nSPS) is 12.9. The van der Waals surface area contributed by atoms with Crippen LogP contribution in [-0.4, -0.2) is 14.5 Å². The van der Waals surface area contributed by atoms with E-state index in [1.54, 1.807) is 0 Å². The number of fused-ring (bicyclic) bond motifs is 6. The van der Waals surface area contributed by atoms with E-state index in [-0.39, 0.29) is 5.41 Å². The van der Waals surface area contributed by atoms with Gasteiger partial charge in [0.2, 0.25) is 0 Å². The lowest BCUT2D eigenvalue weighted by atomic mass is 9.71. The highest BCUT2D eigenvalue weighted by atomic mass is 15.0. The summed E-state index contributed by atoms with van der Waals surface area (Å²) in [5.74, 6) is 0.722. The number of para-hydroxylation sites is 2. The van der Waals surface area contributed by atoms with Gasteiger partial charge in [-0.2, -0.15) is 0 Å². The van der Waals surface area contributed by atoms with Crippen LogP contribution in [-0.2, 0) is 5.41 Å². The molecular weight excluding hydrogens is 679 g/mol. The first-order valence-corrected chi connectivity index (χ1v) is 20.0. The van der Waals surface area contributed by atoms with Crippen LogP contribution in [0.1, 0.15) is 50.7 Å². The summed E-state index contributed by atoms with van der Waals surface area (Å²) in [6.45, 7) is 4.64. The Hall–Kier alpha value is -6.58. The number of hydrogen-bond donors (Lipinski definition) is 0. The molecule has 0 aliphatic heterocycles. The monoisotopic (exact) mass is 721 g/mol. The Balaban J connectivity index is 1.11. The van der Waals surface area contributed by atoms with Crippen LogP contribution in [0.2, 0.25) is 0 Å². The molecule has 0 spiro atoms. The Morgan fingerprint density at radius 3 is 1.84 bits per heavy atom. The summed E-state index contributed by atoms with van der Waals surface area (Å²) in [5, 5.41) is 2.50. The predicted octanol–water partition coefficient (Wildman–Crippen LogP) is 14.1. The molecule has 0 bridgehead atoms. The van der Waals surface area contributed by atoms with Gasteiger partial charge in [-0.3, -0.25) is 0 Å². The zero-order valence-corrected chi connectivity index (χ0v) is 31.9. The molecule has 56 heavy (non-hydrogen) atoms. The van der Waals surface area contributed by atoms with Crippen LogP contribution >= 0.6 is 0 Å². The van der Waals surface area contributed by atoms with Crippen LogP contribution in [0.3, 0.4) is 0 Å². The predicted molar refractivity (Wildman–Crippen MR) is 234 cm³/mol. The summed E-state index contributed by atoms with van der Waals surface area (Å²) >= 11 is 0. The minimum absolute atomic E-state index is 0.00517. The van der Waals surface area contributed by atoms with Crippen LogP contribution < -0.4 is 0 Å². The van der Waals surface area contributed by atoms with Gasteiger partial charge in [-0.25, -0.2) is 9.97 Å². The van der Waals surface area contributed by atoms with Crippen molar-refractivity contribution in [2.75, 3.05) is 0 Å². The van der Waals surface area contributed by atoms with E-state index in [2.05, 4.69) is 194 Å². The zero-order valence-electron chi connectivity index (χ0n) is 31.9. The van der Waals surface area contributed by atoms with Gasteiger partial charge in [0, 0.05) is 38.6 Å². The first-order chi connectivity index (χ1) is 27.6. The van der Waals surface area contributed by atoms with E-state index in [1.807, 2.05) is 0 Å². The van der Waals surface area contributed by atoms with Crippen LogP contribution in [0.4, 0.5) is 0 Å². The molecule has 270 valence electrons. The Morgan fingerprint density at radius 1 is 0.429 bits per heavy atom. The molecule has 10 rings (SSSR count). The smallest absolute Gasteiger partial charge is 0.160 e. The van der Waals surface area contributed by atoms with E-state index < -0.39 is 0 Å². The van der Waals surface area contributed by atoms with Gasteiger partial charge in [0.05, 0.1) is 22.4 Å². The Morgan fingerprint density at radius 2 is 1.04 bits per heavy atom. The molecule has 0 amide bonds. The van der Waals surface area contributed by atoms with Gasteiger partial charge in [-0.05, 0) is 88.7 Å². The minimum atomic E-state index is 0.00517. The van der Waals surface area contributed by atoms with Gasteiger partial charge >= 0.3 is 0 Å². The maximum atomic E-state index is 5.37. The van der Waals surface area contributed by atoms with Gasteiger partial charge in [0.15, 0.2) is 5.82 Å². The highest BCUT2D eigenvalue weighted by Gasteiger charge is 2.41. The van der Waals surface area contributed by atoms with Crippen molar-refractivity contribution in [2.45, 2.75) is 44.9 Å². The number of rotatable bonds is 9. The second-order valence-electron chi connectivity index (χ2n) is 15.2. The van der Waals surface area contributed by atoms with Crippen LogP contribution in [0.5, 0.6) is 0 Å². The van der Waals surface area contributed by atoms with Crippen molar-refractivity contribution < 1.29 is 0 Å². The lowest BCUT2D eigenvalue weighted by Crippen LogP contribution is -2.25. The molecule has 0 atom stereocenters. The molecule has 1 aliphatic carbocycles. The zero-order chi connectivity index (χ0) is 37.6. The largest absolute Gasteiger partial charge is 0.309 e. The van der Waals surface area contributed by atoms with Crippen molar-refractivity contribution in [3.8, 4) is 61.8 Å². The number of nitrogens with zero attached hydrogens (tertiary/aromatic N) is 3. The van der Waals surface area contributed by atoms with Crippen molar-refractivity contribution >= 4 is 21.8 Å². The Kier molecular flexibility index (Phi) is 8.44. The fourth-order valence-corrected chi connectivity index (χ4v) is 9.46. The molecule has 0 saturated heterocycles. The summed E-state index contributed by atoms with van der Waals surface area (Å²) in [4.78, 5) is 10.6. The van der Waals surface area contributed by atoms with E-state index in [4.69, 9.17) is 9.97 Å². The standard InChI is InChI=1S/C53H43N3/c1-3-30-53(31-4-2)46-24-13-11-22-42(46)43-28-27-39(33-47(43)53)49-35-48(36-16-7-5-8-17-36)54-52(55-49)40-19-15-18-37(32-40)38-26-29-45-44-23-12-14-25-50(44)56(51(45)34-38)41-20-9-6-10-21-41/h5-29,32-35H,3-4,30-31H2,1-2H3. The average Bonchev–Trinajstić information content (AvgIpc) is 3.74. The fourth-order valence-electron chi connectivity index (χ4n) is 9.46. The van der Waals surface area contributed by atoms with E-state index in [9.17, 15) is 0 Å². The van der Waals surface area contributed by atoms with E-state index in [0.29, 0.717) is 0 Å². The molecule has 3 heteroatoms. The molecule has 9 aromatic rings. The molecule has 0 N–H and O–H groups in total. The molecule has 2 heterocycles. The quantitative estimate of drug-likeness (QED) is 0.149. The van der Waals surface area contributed by atoms with Crippen LogP contribution in [0.15, 0.2) is 176 Å². The SMILES string of the molecule is CCCC1(CCC)c2ccccc2-c2ccc(-c3cc(-c4ccccc4)nc(-c4cccc(-c5ccc6c7ccccc7n(-c7ccccc7)c6c5)c4)n3)cc21. The van der Waals surface area contributed by atoms with Crippen molar-refractivity contribution in [3.05, 3.63) is 187 Å². The molecule has 7 aromatic carbocycles. The molecule has 2 aromatic heterocycles. The minimum Gasteiger partial charge on any atom is -0.309 e. The molecule has 1 aliphatic rings. The molecular formula is C53H43N3. The van der Waals surface area contributed by atoms with Crippen molar-refractivity contribution in [2.24, 2.45) is 0 Å². The summed E-state index contributed by atoms with van der Waals surface area (Å²) in [7, 11) is 0. The fraction of sp³-hybridized carbons (Fsp3) is 0.132. The van der Waals surface area contributed by atoms with Crippen LogP contribution in [0.25, 0.3) is 83.6 Å². The summed E-state index contributed by atoms with van der Waals surface area (Å²) in [6.07, 6.45) is 4.52. The number of benzene rings is 7. The highest BCUT2D eigenvalue weighted by Crippen LogP contribution is 2.54. The van der Waals surface area contributed by atoms with Gasteiger partial charge in [0.25, 0.3) is 0 Å². The lowest BCUT2D eigenvalue weighted by Gasteiger charge is -2.32. The first-order valence-electron chi connectivity index (χ1n) is 20.0. The van der Waals surface area contributed by atoms with Crippen molar-refractivity contribution in [3.63, 3.8) is 0 Å². The van der Waals surface area contributed by atoms with E-state index >= 15 is 0 Å². The second-order valence-corrected chi connectivity index (χ2v) is 15.2. The van der Waals surface area contributed by atoms with Crippen LogP contribution in [0, 0.1) is 0 Å². The summed E-state index contributed by atoms with van der Waals surface area (Å²) in [5.41, 5.74) is 16.5. The maximum absolute atomic E-state index is 5.37. The molecule has 0 radical (unpaired) electrons. The Labute approximate surface area is 329 Å². The molecule has 3 nitrogen and oxygen atoms in total. The van der Waals surface area contributed by atoms with E-state index in [1.165, 1.54) is 44.1 Å². The third-order valence-electron chi connectivity index (χ3n) is 11.9. The van der Waals surface area contributed by atoms with Gasteiger partial charge in [-0.15, -0.1) is 0 Å². The van der Waals surface area contributed by atoms with Crippen molar-refractivity contribution in [1.29, 1.82) is 0 Å². The third kappa shape index (κ3) is 5.57. The van der Waals surface area contributed by atoms with Gasteiger partial charge in [0.1, 0.15) is 0 Å². The molecule has 0 fully saturated rings. The number of hydrogen-bond acceptors (Lipinski definition) is 2. The Bertz CT molecular complexity index is 2880. The van der Waals surface area contributed by atoms with Gasteiger partial charge < -0.3 is 4.57 Å². The molecule has 0 saturated carbocycles. The third-order valence-corrected chi connectivity index (χ3v) is 11.9. The molecule has 0 unspecified atom stereocenters.